The van der Waals surface area contributed by atoms with E-state index in [0.29, 0.717) is 0 Å². The third-order valence-corrected chi connectivity index (χ3v) is 4.35. The Morgan fingerprint density at radius 1 is 1.23 bits per heavy atom. The first-order valence-electron chi connectivity index (χ1n) is 6.15. The third kappa shape index (κ3) is 3.15. The second kappa shape index (κ2) is 5.96. The minimum absolute atomic E-state index is 0.0545. The van der Waals surface area contributed by atoms with Crippen LogP contribution in [-0.2, 0) is 4.79 Å². The molecule has 1 saturated heterocycles. The van der Waals surface area contributed by atoms with Crippen LogP contribution in [0, 0.1) is 11.8 Å². The molecule has 1 aromatic rings. The molecule has 120 valence electrons. The van der Waals surface area contributed by atoms with E-state index in [2.05, 4.69) is 0 Å². The standard InChI is InChI=1S/C13H10Cl2F3NO3/c14-9-3-1-2-6(10(9)15)11(20)19-4-7(12(21)22)8(5-19)13(16,17)18/h1-3,7-8H,4-5H2,(H,21,22)/t7-,8-/m1/s1. The molecule has 1 aliphatic rings. The topological polar surface area (TPSA) is 57.6 Å². The fourth-order valence-electron chi connectivity index (χ4n) is 2.39. The van der Waals surface area contributed by atoms with E-state index in [-0.39, 0.29) is 15.6 Å². The van der Waals surface area contributed by atoms with Crippen LogP contribution in [0.15, 0.2) is 18.2 Å². The molecule has 0 spiro atoms. The lowest BCUT2D eigenvalue weighted by atomic mass is 9.96. The van der Waals surface area contributed by atoms with E-state index in [1.54, 1.807) is 0 Å². The summed E-state index contributed by atoms with van der Waals surface area (Å²) in [5.41, 5.74) is -0.0545. The Balaban J connectivity index is 2.29. The van der Waals surface area contributed by atoms with Gasteiger partial charge < -0.3 is 10.0 Å². The number of rotatable bonds is 2. The number of hydrogen-bond donors (Lipinski definition) is 1. The molecule has 2 rings (SSSR count). The van der Waals surface area contributed by atoms with E-state index in [1.807, 2.05) is 0 Å². The van der Waals surface area contributed by atoms with Gasteiger partial charge in [-0.3, -0.25) is 9.59 Å². The van der Waals surface area contributed by atoms with E-state index in [1.165, 1.54) is 18.2 Å². The molecule has 4 nitrogen and oxygen atoms in total. The Morgan fingerprint density at radius 3 is 2.36 bits per heavy atom. The molecule has 0 aromatic heterocycles. The molecule has 1 aromatic carbocycles. The molecule has 1 aliphatic heterocycles. The van der Waals surface area contributed by atoms with Gasteiger partial charge in [-0.05, 0) is 12.1 Å². The number of amides is 1. The maximum Gasteiger partial charge on any atom is 0.394 e. The van der Waals surface area contributed by atoms with Gasteiger partial charge in [-0.15, -0.1) is 0 Å². The molecule has 1 amide bonds. The number of hydrogen-bond acceptors (Lipinski definition) is 2. The summed E-state index contributed by atoms with van der Waals surface area (Å²) in [6, 6.07) is 4.20. The molecule has 0 aliphatic carbocycles. The molecule has 1 fully saturated rings. The minimum atomic E-state index is -4.70. The van der Waals surface area contributed by atoms with Gasteiger partial charge in [0.2, 0.25) is 0 Å². The van der Waals surface area contributed by atoms with E-state index < -0.39 is 43.0 Å². The molecular weight excluding hydrogens is 346 g/mol. The van der Waals surface area contributed by atoms with Crippen molar-refractivity contribution in [3.8, 4) is 0 Å². The zero-order valence-corrected chi connectivity index (χ0v) is 12.4. The Bertz CT molecular complexity index is 621. The van der Waals surface area contributed by atoms with E-state index in [4.69, 9.17) is 28.3 Å². The number of carboxylic acid groups (broad SMARTS) is 1. The first-order valence-corrected chi connectivity index (χ1v) is 6.91. The van der Waals surface area contributed by atoms with Gasteiger partial charge in [0.1, 0.15) is 0 Å². The highest BCUT2D eigenvalue weighted by molar-refractivity contribution is 6.43. The average Bonchev–Trinajstić information content (AvgIpc) is 2.86. The van der Waals surface area contributed by atoms with Crippen molar-refractivity contribution in [2.75, 3.05) is 13.1 Å². The molecule has 0 saturated carbocycles. The highest BCUT2D eigenvalue weighted by Crippen LogP contribution is 2.38. The van der Waals surface area contributed by atoms with Crippen LogP contribution in [0.3, 0.4) is 0 Å². The van der Waals surface area contributed by atoms with Crippen molar-refractivity contribution in [3.63, 3.8) is 0 Å². The van der Waals surface area contributed by atoms with Gasteiger partial charge in [-0.25, -0.2) is 0 Å². The van der Waals surface area contributed by atoms with Crippen LogP contribution in [0.25, 0.3) is 0 Å². The molecule has 0 unspecified atom stereocenters. The van der Waals surface area contributed by atoms with Crippen molar-refractivity contribution in [2.45, 2.75) is 6.18 Å². The number of aliphatic carboxylic acids is 1. The molecule has 22 heavy (non-hydrogen) atoms. The number of carbonyl (C=O) groups is 2. The summed E-state index contributed by atoms with van der Waals surface area (Å²) >= 11 is 11.6. The molecule has 0 radical (unpaired) electrons. The lowest BCUT2D eigenvalue weighted by Crippen LogP contribution is -2.34. The summed E-state index contributed by atoms with van der Waals surface area (Å²) in [6.07, 6.45) is -4.70. The number of halogens is 5. The van der Waals surface area contributed by atoms with Crippen LogP contribution >= 0.6 is 23.2 Å². The Morgan fingerprint density at radius 2 is 1.86 bits per heavy atom. The second-order valence-electron chi connectivity index (χ2n) is 4.90. The summed E-state index contributed by atoms with van der Waals surface area (Å²) in [7, 11) is 0. The summed E-state index contributed by atoms with van der Waals surface area (Å²) in [6.45, 7) is -1.25. The number of carboxylic acids is 1. The van der Waals surface area contributed by atoms with Crippen LogP contribution < -0.4 is 0 Å². The Kier molecular flexibility index (Phi) is 4.58. The number of nitrogens with zero attached hydrogens (tertiary/aromatic N) is 1. The number of carbonyl (C=O) groups excluding carboxylic acids is 1. The number of likely N-dealkylation sites (tertiary alicyclic amines) is 1. The van der Waals surface area contributed by atoms with Crippen molar-refractivity contribution < 1.29 is 27.9 Å². The van der Waals surface area contributed by atoms with Crippen molar-refractivity contribution in [2.24, 2.45) is 11.8 Å². The first-order chi connectivity index (χ1) is 10.1. The van der Waals surface area contributed by atoms with Crippen molar-refractivity contribution in [1.82, 2.24) is 4.90 Å². The maximum absolute atomic E-state index is 12.9. The van der Waals surface area contributed by atoms with E-state index in [9.17, 15) is 22.8 Å². The van der Waals surface area contributed by atoms with Gasteiger partial charge in [0.05, 0.1) is 27.4 Å². The predicted molar refractivity (Wildman–Crippen MR) is 73.0 cm³/mol. The predicted octanol–water partition coefficient (Wildman–Crippen LogP) is 3.33. The summed E-state index contributed by atoms with van der Waals surface area (Å²) < 4.78 is 38.7. The summed E-state index contributed by atoms with van der Waals surface area (Å²) in [4.78, 5) is 24.1. The van der Waals surface area contributed by atoms with Gasteiger partial charge in [0.25, 0.3) is 5.91 Å². The number of benzene rings is 1. The zero-order valence-electron chi connectivity index (χ0n) is 10.9. The van der Waals surface area contributed by atoms with Crippen LogP contribution in [0.1, 0.15) is 10.4 Å². The van der Waals surface area contributed by atoms with Crippen LogP contribution in [0.4, 0.5) is 13.2 Å². The highest BCUT2D eigenvalue weighted by Gasteiger charge is 2.53. The zero-order chi connectivity index (χ0) is 16.7. The fraction of sp³-hybridized carbons (Fsp3) is 0.385. The molecule has 0 bridgehead atoms. The SMILES string of the molecule is O=C(O)[C@@H]1CN(C(=O)c2cccc(Cl)c2Cl)C[C@H]1C(F)(F)F. The normalized spacial score (nSPS) is 22.0. The van der Waals surface area contributed by atoms with Crippen LogP contribution in [0.5, 0.6) is 0 Å². The quantitative estimate of drug-likeness (QED) is 0.885. The van der Waals surface area contributed by atoms with Crippen LogP contribution in [-0.4, -0.2) is 41.1 Å². The number of alkyl halides is 3. The Labute approximate surface area is 133 Å². The largest absolute Gasteiger partial charge is 0.481 e. The molecule has 1 N–H and O–H groups in total. The lowest BCUT2D eigenvalue weighted by Gasteiger charge is -2.19. The minimum Gasteiger partial charge on any atom is -0.481 e. The molecular formula is C13H10Cl2F3NO3. The second-order valence-corrected chi connectivity index (χ2v) is 5.69. The molecule has 2 atom stereocenters. The van der Waals surface area contributed by atoms with Gasteiger partial charge >= 0.3 is 12.1 Å². The van der Waals surface area contributed by atoms with Crippen LogP contribution in [0.2, 0.25) is 10.0 Å². The molecule has 9 heteroatoms. The monoisotopic (exact) mass is 355 g/mol. The van der Waals surface area contributed by atoms with E-state index in [0.717, 1.165) is 4.90 Å². The third-order valence-electron chi connectivity index (χ3n) is 3.53. The van der Waals surface area contributed by atoms with Crippen molar-refractivity contribution in [3.05, 3.63) is 33.8 Å². The van der Waals surface area contributed by atoms with Gasteiger partial charge in [0, 0.05) is 13.1 Å². The maximum atomic E-state index is 12.9. The smallest absolute Gasteiger partial charge is 0.394 e. The molecule has 1 heterocycles. The average molecular weight is 356 g/mol. The van der Waals surface area contributed by atoms with E-state index >= 15 is 0 Å². The van der Waals surface area contributed by atoms with Crippen molar-refractivity contribution in [1.29, 1.82) is 0 Å². The lowest BCUT2D eigenvalue weighted by molar-refractivity contribution is -0.187. The Hall–Kier alpha value is -1.47. The fourth-order valence-corrected chi connectivity index (χ4v) is 2.77. The summed E-state index contributed by atoms with van der Waals surface area (Å²) in [5, 5.41) is 8.95. The summed E-state index contributed by atoms with van der Waals surface area (Å²) in [5.74, 6) is -6.16. The highest BCUT2D eigenvalue weighted by atomic mass is 35.5. The van der Waals surface area contributed by atoms with Gasteiger partial charge in [-0.2, -0.15) is 13.2 Å². The van der Waals surface area contributed by atoms with Gasteiger partial charge in [-0.1, -0.05) is 29.3 Å². The van der Waals surface area contributed by atoms with Gasteiger partial charge in [0.15, 0.2) is 0 Å². The first kappa shape index (κ1) is 16.9. The van der Waals surface area contributed by atoms with Crippen molar-refractivity contribution >= 4 is 35.1 Å².